The molecule has 0 N–H and O–H groups in total. The van der Waals surface area contributed by atoms with E-state index >= 15 is 0 Å². The van der Waals surface area contributed by atoms with Crippen molar-refractivity contribution in [3.8, 4) is 11.3 Å². The molecule has 0 unspecified atom stereocenters. The van der Waals surface area contributed by atoms with Crippen LogP contribution in [0.25, 0.3) is 22.2 Å². The molecular formula is C27H31NO5S. The number of esters is 2. The molecule has 4 rings (SSSR count). The van der Waals surface area contributed by atoms with E-state index in [1.807, 2.05) is 42.9 Å². The standard InChI is InChI=1S/C27H31NO5S/c1-27(2,3)33-23(30)15-28-21-14-18(26(31)32-4)10-11-19(21)24(17-8-6-5-7-9-17)25(28)20-12-13-34-22(20)16-29/h10-14,16-17H,5-9,15H2,1-4H3. The summed E-state index contributed by atoms with van der Waals surface area (Å²) in [6.45, 7) is 5.50. The van der Waals surface area contributed by atoms with Crippen LogP contribution in [0.1, 0.15) is 84.4 Å². The first-order valence-electron chi connectivity index (χ1n) is 11.7. The molecule has 180 valence electrons. The fourth-order valence-corrected chi connectivity index (χ4v) is 5.69. The summed E-state index contributed by atoms with van der Waals surface area (Å²) in [4.78, 5) is 37.9. The van der Waals surface area contributed by atoms with Gasteiger partial charge in [-0.15, -0.1) is 11.3 Å². The third-order valence-corrected chi connectivity index (χ3v) is 7.15. The second kappa shape index (κ2) is 9.74. The van der Waals surface area contributed by atoms with Gasteiger partial charge in [0, 0.05) is 10.9 Å². The van der Waals surface area contributed by atoms with Gasteiger partial charge in [0.15, 0.2) is 6.29 Å². The lowest BCUT2D eigenvalue weighted by molar-refractivity contribution is -0.155. The third kappa shape index (κ3) is 4.80. The number of nitrogens with zero attached hydrogens (tertiary/aromatic N) is 1. The van der Waals surface area contributed by atoms with E-state index in [9.17, 15) is 14.4 Å². The van der Waals surface area contributed by atoms with Gasteiger partial charge in [-0.05, 0) is 68.7 Å². The predicted molar refractivity (Wildman–Crippen MR) is 134 cm³/mol. The van der Waals surface area contributed by atoms with Gasteiger partial charge in [0.25, 0.3) is 0 Å². The van der Waals surface area contributed by atoms with Gasteiger partial charge >= 0.3 is 11.9 Å². The highest BCUT2D eigenvalue weighted by Crippen LogP contribution is 2.45. The Morgan fingerprint density at radius 2 is 1.88 bits per heavy atom. The average Bonchev–Trinajstić information content (AvgIpc) is 3.39. The van der Waals surface area contributed by atoms with E-state index in [1.54, 1.807) is 12.1 Å². The molecule has 7 heteroatoms. The monoisotopic (exact) mass is 481 g/mol. The summed E-state index contributed by atoms with van der Waals surface area (Å²) in [7, 11) is 1.35. The van der Waals surface area contributed by atoms with E-state index in [0.717, 1.165) is 59.7 Å². The molecule has 6 nitrogen and oxygen atoms in total. The van der Waals surface area contributed by atoms with Crippen LogP contribution < -0.4 is 0 Å². The van der Waals surface area contributed by atoms with Crippen LogP contribution in [0.2, 0.25) is 0 Å². The number of hydrogen-bond donors (Lipinski definition) is 0. The van der Waals surface area contributed by atoms with Crippen molar-refractivity contribution < 1.29 is 23.9 Å². The topological polar surface area (TPSA) is 74.6 Å². The highest BCUT2D eigenvalue weighted by molar-refractivity contribution is 7.12. The van der Waals surface area contributed by atoms with Crippen molar-refractivity contribution >= 4 is 40.5 Å². The Bertz CT molecular complexity index is 1220. The molecule has 2 aromatic heterocycles. The van der Waals surface area contributed by atoms with Gasteiger partial charge in [0.2, 0.25) is 0 Å². The number of thiophene rings is 1. The van der Waals surface area contributed by atoms with Gasteiger partial charge in [-0.1, -0.05) is 25.3 Å². The number of carbonyl (C=O) groups is 3. The zero-order chi connectivity index (χ0) is 24.5. The number of benzene rings is 1. The fourth-order valence-electron chi connectivity index (χ4n) is 4.99. The molecule has 0 atom stereocenters. The number of carbonyl (C=O) groups excluding carboxylic acids is 3. The maximum absolute atomic E-state index is 13.0. The fraction of sp³-hybridized carbons (Fsp3) is 0.444. The summed E-state index contributed by atoms with van der Waals surface area (Å²) in [6, 6.07) is 7.46. The van der Waals surface area contributed by atoms with Gasteiger partial charge in [-0.2, -0.15) is 0 Å². The number of aldehydes is 1. The number of methoxy groups -OCH3 is 1. The molecule has 1 aromatic carbocycles. The summed E-state index contributed by atoms with van der Waals surface area (Å²) in [5, 5.41) is 2.90. The van der Waals surface area contributed by atoms with Crippen LogP contribution in [-0.4, -0.2) is 35.5 Å². The largest absolute Gasteiger partial charge is 0.465 e. The van der Waals surface area contributed by atoms with E-state index in [0.29, 0.717) is 16.4 Å². The molecule has 34 heavy (non-hydrogen) atoms. The Morgan fingerprint density at radius 1 is 1.15 bits per heavy atom. The maximum Gasteiger partial charge on any atom is 0.337 e. The lowest BCUT2D eigenvalue weighted by atomic mass is 9.82. The normalized spacial score (nSPS) is 14.8. The average molecular weight is 482 g/mol. The predicted octanol–water partition coefficient (Wildman–Crippen LogP) is 6.36. The lowest BCUT2D eigenvalue weighted by Crippen LogP contribution is -2.26. The van der Waals surface area contributed by atoms with Crippen molar-refractivity contribution in [1.82, 2.24) is 4.57 Å². The van der Waals surface area contributed by atoms with Crippen molar-refractivity contribution in [3.05, 3.63) is 45.6 Å². The molecule has 0 spiro atoms. The first kappa shape index (κ1) is 24.2. The van der Waals surface area contributed by atoms with Gasteiger partial charge < -0.3 is 14.0 Å². The molecule has 3 aromatic rings. The van der Waals surface area contributed by atoms with Crippen LogP contribution in [0, 0.1) is 0 Å². The number of aromatic nitrogens is 1. The molecule has 0 amide bonds. The molecule has 1 aliphatic carbocycles. The molecule has 0 bridgehead atoms. The molecule has 1 saturated carbocycles. The van der Waals surface area contributed by atoms with Crippen LogP contribution in [-0.2, 0) is 20.8 Å². The van der Waals surface area contributed by atoms with Crippen LogP contribution in [0.15, 0.2) is 29.6 Å². The third-order valence-electron chi connectivity index (χ3n) is 6.30. The van der Waals surface area contributed by atoms with Crippen LogP contribution in [0.5, 0.6) is 0 Å². The summed E-state index contributed by atoms with van der Waals surface area (Å²) in [5.74, 6) is -0.487. The van der Waals surface area contributed by atoms with Crippen LogP contribution in [0.3, 0.4) is 0 Å². The van der Waals surface area contributed by atoms with Crippen LogP contribution in [0.4, 0.5) is 0 Å². The van der Waals surface area contributed by atoms with E-state index in [-0.39, 0.29) is 12.5 Å². The second-order valence-corrected chi connectivity index (χ2v) is 10.8. The molecule has 1 aliphatic rings. The smallest absolute Gasteiger partial charge is 0.337 e. The number of hydrogen-bond acceptors (Lipinski definition) is 6. The van der Waals surface area contributed by atoms with E-state index < -0.39 is 11.6 Å². The Kier molecular flexibility index (Phi) is 6.94. The molecule has 2 heterocycles. The van der Waals surface area contributed by atoms with Gasteiger partial charge in [-0.25, -0.2) is 4.79 Å². The van der Waals surface area contributed by atoms with Gasteiger partial charge in [-0.3, -0.25) is 9.59 Å². The van der Waals surface area contributed by atoms with Gasteiger partial charge in [0.05, 0.1) is 28.8 Å². The Hall–Kier alpha value is -2.93. The van der Waals surface area contributed by atoms with Crippen molar-refractivity contribution in [2.75, 3.05) is 7.11 Å². The first-order valence-corrected chi connectivity index (χ1v) is 12.6. The Morgan fingerprint density at radius 3 is 2.53 bits per heavy atom. The number of ether oxygens (including phenoxy) is 2. The number of fused-ring (bicyclic) bond motifs is 1. The van der Waals surface area contributed by atoms with Crippen molar-refractivity contribution in [1.29, 1.82) is 0 Å². The second-order valence-electron chi connectivity index (χ2n) is 9.81. The first-order chi connectivity index (χ1) is 16.2. The zero-order valence-corrected chi connectivity index (χ0v) is 21.0. The molecule has 0 aliphatic heterocycles. The minimum Gasteiger partial charge on any atom is -0.465 e. The van der Waals surface area contributed by atoms with E-state index in [4.69, 9.17) is 9.47 Å². The van der Waals surface area contributed by atoms with Crippen LogP contribution >= 0.6 is 11.3 Å². The number of rotatable bonds is 6. The zero-order valence-electron chi connectivity index (χ0n) is 20.2. The summed E-state index contributed by atoms with van der Waals surface area (Å²) < 4.78 is 12.5. The van der Waals surface area contributed by atoms with E-state index in [2.05, 4.69) is 0 Å². The SMILES string of the molecule is COC(=O)c1ccc2c(C3CCCCC3)c(-c3ccsc3C=O)n(CC(=O)OC(C)(C)C)c2c1. The van der Waals surface area contributed by atoms with Crippen molar-refractivity contribution in [3.63, 3.8) is 0 Å². The Labute approximate surface area is 203 Å². The molecule has 0 saturated heterocycles. The minimum absolute atomic E-state index is 0.0193. The minimum atomic E-state index is -0.625. The summed E-state index contributed by atoms with van der Waals surface area (Å²) in [6.07, 6.45) is 6.49. The molecule has 0 radical (unpaired) electrons. The maximum atomic E-state index is 13.0. The molecular weight excluding hydrogens is 450 g/mol. The summed E-state index contributed by atoms with van der Waals surface area (Å²) in [5.41, 5.74) is 3.40. The summed E-state index contributed by atoms with van der Waals surface area (Å²) >= 11 is 1.39. The van der Waals surface area contributed by atoms with E-state index in [1.165, 1.54) is 24.9 Å². The quantitative estimate of drug-likeness (QED) is 0.303. The van der Waals surface area contributed by atoms with Gasteiger partial charge in [0.1, 0.15) is 12.1 Å². The molecule has 1 fully saturated rings. The highest BCUT2D eigenvalue weighted by Gasteiger charge is 2.30. The highest BCUT2D eigenvalue weighted by atomic mass is 32.1. The lowest BCUT2D eigenvalue weighted by Gasteiger charge is -2.24. The van der Waals surface area contributed by atoms with Crippen molar-refractivity contribution in [2.24, 2.45) is 0 Å². The Balaban J connectivity index is 2.00. The van der Waals surface area contributed by atoms with Crippen molar-refractivity contribution in [2.45, 2.75) is 70.9 Å².